The van der Waals surface area contributed by atoms with Crippen molar-refractivity contribution >= 4 is 17.8 Å². The molecule has 0 heterocycles. The van der Waals surface area contributed by atoms with E-state index >= 15 is 0 Å². The predicted molar refractivity (Wildman–Crippen MR) is 65.6 cm³/mol. The lowest BCUT2D eigenvalue weighted by Crippen LogP contribution is -2.45. The fourth-order valence-electron chi connectivity index (χ4n) is 1.24. The van der Waals surface area contributed by atoms with E-state index in [9.17, 15) is 14.4 Å². The topological polar surface area (TPSA) is 114 Å². The van der Waals surface area contributed by atoms with E-state index in [-0.39, 0.29) is 19.4 Å². The van der Waals surface area contributed by atoms with Gasteiger partial charge in [-0.2, -0.15) is 0 Å². The molecule has 0 bridgehead atoms. The Morgan fingerprint density at radius 1 is 1.26 bits per heavy atom. The van der Waals surface area contributed by atoms with Gasteiger partial charge in [-0.15, -0.1) is 0 Å². The fraction of sp³-hybridized carbons (Fsp3) is 0.727. The van der Waals surface area contributed by atoms with Gasteiger partial charge in [-0.1, -0.05) is 0 Å². The molecule has 0 aliphatic heterocycles. The van der Waals surface area contributed by atoms with Gasteiger partial charge in [-0.05, 0) is 6.42 Å². The zero-order chi connectivity index (χ0) is 14.7. The minimum absolute atomic E-state index is 0.00812. The Bertz CT molecular complexity index is 308. The zero-order valence-electron chi connectivity index (χ0n) is 11.1. The van der Waals surface area contributed by atoms with Crippen LogP contribution < -0.4 is 10.6 Å². The number of aliphatic carboxylic acids is 1. The van der Waals surface area contributed by atoms with Gasteiger partial charge in [0.2, 0.25) is 5.91 Å². The summed E-state index contributed by atoms with van der Waals surface area (Å²) >= 11 is 0. The summed E-state index contributed by atoms with van der Waals surface area (Å²) in [5.41, 5.74) is 0. The summed E-state index contributed by atoms with van der Waals surface area (Å²) in [6.07, 6.45) is -0.0728. The van der Waals surface area contributed by atoms with Crippen molar-refractivity contribution in [3.8, 4) is 0 Å². The molecule has 0 saturated carbocycles. The fourth-order valence-corrected chi connectivity index (χ4v) is 1.24. The van der Waals surface area contributed by atoms with Gasteiger partial charge in [0, 0.05) is 20.1 Å². The molecule has 0 aliphatic carbocycles. The average molecular weight is 276 g/mol. The second-order valence-corrected chi connectivity index (χ2v) is 3.74. The normalized spacial score (nSPS) is 11.7. The first-order valence-electron chi connectivity index (χ1n) is 5.80. The second kappa shape index (κ2) is 10.3. The molecule has 0 spiro atoms. The molecule has 0 saturated heterocycles. The lowest BCUT2D eigenvalue weighted by Gasteiger charge is -2.14. The Morgan fingerprint density at radius 3 is 2.47 bits per heavy atom. The van der Waals surface area contributed by atoms with Crippen molar-refractivity contribution in [3.05, 3.63) is 0 Å². The molecule has 0 unspecified atom stereocenters. The first kappa shape index (κ1) is 17.3. The molecule has 0 aromatic rings. The number of carboxylic acid groups (broad SMARTS) is 1. The SMILES string of the molecule is COCCNCC(=O)N[C@H](CCC(=O)OC)C(=O)O. The number of ether oxygens (including phenoxy) is 2. The van der Waals surface area contributed by atoms with E-state index in [1.807, 2.05) is 0 Å². The van der Waals surface area contributed by atoms with Crippen molar-refractivity contribution in [1.29, 1.82) is 0 Å². The minimum Gasteiger partial charge on any atom is -0.480 e. The van der Waals surface area contributed by atoms with E-state index in [2.05, 4.69) is 15.4 Å². The molecule has 0 rings (SSSR count). The van der Waals surface area contributed by atoms with Crippen LogP contribution in [-0.2, 0) is 23.9 Å². The Hall–Kier alpha value is -1.67. The van der Waals surface area contributed by atoms with Gasteiger partial charge in [0.05, 0.1) is 20.3 Å². The highest BCUT2D eigenvalue weighted by Gasteiger charge is 2.20. The Labute approximate surface area is 111 Å². The molecule has 110 valence electrons. The molecular formula is C11H20N2O6. The smallest absolute Gasteiger partial charge is 0.326 e. The lowest BCUT2D eigenvalue weighted by atomic mass is 10.1. The molecule has 3 N–H and O–H groups in total. The number of carbonyl (C=O) groups excluding carboxylic acids is 2. The second-order valence-electron chi connectivity index (χ2n) is 3.74. The van der Waals surface area contributed by atoms with Crippen molar-refractivity contribution < 1.29 is 29.0 Å². The molecule has 19 heavy (non-hydrogen) atoms. The first-order chi connectivity index (χ1) is 9.01. The van der Waals surface area contributed by atoms with Crippen LogP contribution in [0.15, 0.2) is 0 Å². The van der Waals surface area contributed by atoms with E-state index in [0.29, 0.717) is 13.2 Å². The molecule has 0 aromatic carbocycles. The number of nitrogens with one attached hydrogen (secondary N) is 2. The molecule has 1 atom stereocenters. The van der Waals surface area contributed by atoms with Crippen molar-refractivity contribution in [2.75, 3.05) is 33.9 Å². The standard InChI is InChI=1S/C11H20N2O6/c1-18-6-5-12-7-9(14)13-8(11(16)17)3-4-10(15)19-2/h8,12H,3-7H2,1-2H3,(H,13,14)(H,16,17)/t8-/m1/s1. The number of esters is 1. The van der Waals surface area contributed by atoms with Crippen LogP contribution in [0.5, 0.6) is 0 Å². The minimum atomic E-state index is -1.19. The summed E-state index contributed by atoms with van der Waals surface area (Å²) in [7, 11) is 2.76. The highest BCUT2D eigenvalue weighted by Crippen LogP contribution is 1.99. The van der Waals surface area contributed by atoms with Gasteiger partial charge in [0.1, 0.15) is 6.04 Å². The number of amides is 1. The molecule has 0 radical (unpaired) electrons. The van der Waals surface area contributed by atoms with Crippen LogP contribution in [0.25, 0.3) is 0 Å². The summed E-state index contributed by atoms with van der Waals surface area (Å²) in [5, 5.41) is 14.0. The Kier molecular flexibility index (Phi) is 9.37. The monoisotopic (exact) mass is 276 g/mol. The van der Waals surface area contributed by atoms with E-state index in [0.717, 1.165) is 0 Å². The number of carboxylic acids is 1. The van der Waals surface area contributed by atoms with Crippen LogP contribution in [0.1, 0.15) is 12.8 Å². The van der Waals surface area contributed by atoms with Gasteiger partial charge in [-0.3, -0.25) is 9.59 Å². The summed E-state index contributed by atoms with van der Waals surface area (Å²) in [5.74, 6) is -2.15. The lowest BCUT2D eigenvalue weighted by molar-refractivity contribution is -0.144. The first-order valence-corrected chi connectivity index (χ1v) is 5.80. The van der Waals surface area contributed by atoms with Crippen LogP contribution in [-0.4, -0.2) is 62.9 Å². The van der Waals surface area contributed by atoms with Gasteiger partial charge >= 0.3 is 11.9 Å². The maximum absolute atomic E-state index is 11.4. The van der Waals surface area contributed by atoms with E-state index in [4.69, 9.17) is 9.84 Å². The van der Waals surface area contributed by atoms with Crippen LogP contribution in [0.4, 0.5) is 0 Å². The number of hydrogen-bond donors (Lipinski definition) is 3. The Balaban J connectivity index is 4.01. The van der Waals surface area contributed by atoms with Crippen LogP contribution in [0.2, 0.25) is 0 Å². The van der Waals surface area contributed by atoms with Crippen molar-refractivity contribution in [2.24, 2.45) is 0 Å². The van der Waals surface area contributed by atoms with Crippen molar-refractivity contribution in [1.82, 2.24) is 10.6 Å². The van der Waals surface area contributed by atoms with Gasteiger partial charge < -0.3 is 25.2 Å². The summed E-state index contributed by atoms with van der Waals surface area (Å²) in [6.45, 7) is 0.938. The molecule has 8 nitrogen and oxygen atoms in total. The summed E-state index contributed by atoms with van der Waals surface area (Å²) < 4.78 is 9.19. The predicted octanol–water partition coefficient (Wildman–Crippen LogP) is -1.25. The third-order valence-electron chi connectivity index (χ3n) is 2.27. The largest absolute Gasteiger partial charge is 0.480 e. The molecule has 1 amide bonds. The number of carbonyl (C=O) groups is 3. The highest BCUT2D eigenvalue weighted by molar-refractivity contribution is 5.85. The number of methoxy groups -OCH3 is 2. The molecular weight excluding hydrogens is 256 g/mol. The van der Waals surface area contributed by atoms with E-state index in [1.54, 1.807) is 0 Å². The molecule has 0 fully saturated rings. The van der Waals surface area contributed by atoms with E-state index < -0.39 is 23.9 Å². The molecule has 0 aromatic heterocycles. The third kappa shape index (κ3) is 8.97. The third-order valence-corrected chi connectivity index (χ3v) is 2.27. The number of rotatable bonds is 10. The average Bonchev–Trinajstić information content (AvgIpc) is 2.38. The van der Waals surface area contributed by atoms with Crippen LogP contribution in [0, 0.1) is 0 Å². The van der Waals surface area contributed by atoms with Crippen molar-refractivity contribution in [2.45, 2.75) is 18.9 Å². The van der Waals surface area contributed by atoms with E-state index in [1.165, 1.54) is 14.2 Å². The maximum Gasteiger partial charge on any atom is 0.326 e. The summed E-state index contributed by atoms with van der Waals surface area (Å²) in [4.78, 5) is 33.3. The van der Waals surface area contributed by atoms with Gasteiger partial charge in [0.15, 0.2) is 0 Å². The molecule has 8 heteroatoms. The quantitative estimate of drug-likeness (QED) is 0.337. The maximum atomic E-state index is 11.4. The molecule has 0 aliphatic rings. The van der Waals surface area contributed by atoms with Crippen molar-refractivity contribution in [3.63, 3.8) is 0 Å². The highest BCUT2D eigenvalue weighted by atomic mass is 16.5. The van der Waals surface area contributed by atoms with Crippen LogP contribution >= 0.6 is 0 Å². The van der Waals surface area contributed by atoms with Gasteiger partial charge in [0.25, 0.3) is 0 Å². The number of hydrogen-bond acceptors (Lipinski definition) is 6. The zero-order valence-corrected chi connectivity index (χ0v) is 11.1. The van der Waals surface area contributed by atoms with Crippen LogP contribution in [0.3, 0.4) is 0 Å². The van der Waals surface area contributed by atoms with Gasteiger partial charge in [-0.25, -0.2) is 4.79 Å². The Morgan fingerprint density at radius 2 is 1.95 bits per heavy atom. The summed E-state index contributed by atoms with van der Waals surface area (Å²) in [6, 6.07) is -1.10.